The first kappa shape index (κ1) is 29.4. The van der Waals surface area contributed by atoms with Gasteiger partial charge in [0.2, 0.25) is 0 Å². The van der Waals surface area contributed by atoms with Crippen LogP contribution in [0, 0.1) is 6.92 Å². The van der Waals surface area contributed by atoms with E-state index < -0.39 is 22.3 Å². The molecule has 0 amide bonds. The molecule has 12 heteroatoms. The van der Waals surface area contributed by atoms with Crippen LogP contribution in [0.1, 0.15) is 72.9 Å². The highest BCUT2D eigenvalue weighted by atomic mass is 35.5. The Kier molecular flexibility index (Phi) is 8.06. The molecule has 4 heterocycles. The van der Waals surface area contributed by atoms with Crippen LogP contribution < -0.4 is 8.92 Å². The zero-order chi connectivity index (χ0) is 30.3. The van der Waals surface area contributed by atoms with Gasteiger partial charge in [-0.25, -0.2) is 4.68 Å². The van der Waals surface area contributed by atoms with E-state index in [9.17, 15) is 13.2 Å². The summed E-state index contributed by atoms with van der Waals surface area (Å²) in [7, 11) is -4.12. The lowest BCUT2D eigenvalue weighted by molar-refractivity contribution is -0.143. The topological polar surface area (TPSA) is 113 Å². The van der Waals surface area contributed by atoms with Gasteiger partial charge in [-0.1, -0.05) is 35.0 Å². The summed E-state index contributed by atoms with van der Waals surface area (Å²) < 4.78 is 46.7. The fourth-order valence-corrected chi connectivity index (χ4v) is 7.48. The van der Waals surface area contributed by atoms with E-state index in [0.29, 0.717) is 35.1 Å². The number of nitrogens with zero attached hydrogens (tertiary/aromatic N) is 4. The molecule has 3 atom stereocenters. The van der Waals surface area contributed by atoms with Crippen LogP contribution in [-0.2, 0) is 32.9 Å². The maximum atomic E-state index is 13.3. The first-order valence-electron chi connectivity index (χ1n) is 14.4. The minimum absolute atomic E-state index is 0.0880. The molecule has 0 N–H and O–H groups in total. The summed E-state index contributed by atoms with van der Waals surface area (Å²) in [5.74, 6) is 0.189. The van der Waals surface area contributed by atoms with Gasteiger partial charge in [-0.05, 0) is 86.2 Å². The van der Waals surface area contributed by atoms with Crippen molar-refractivity contribution in [3.63, 3.8) is 0 Å². The number of aromatic nitrogens is 3. The van der Waals surface area contributed by atoms with Gasteiger partial charge in [-0.15, -0.1) is 5.10 Å². The zero-order valence-electron chi connectivity index (χ0n) is 24.2. The van der Waals surface area contributed by atoms with Crippen LogP contribution >= 0.6 is 11.6 Å². The van der Waals surface area contributed by atoms with Crippen LogP contribution in [0.5, 0.6) is 11.5 Å². The van der Waals surface area contributed by atoms with E-state index in [1.165, 1.54) is 4.31 Å². The highest BCUT2D eigenvalue weighted by molar-refractivity contribution is 7.84. The fourth-order valence-electron chi connectivity index (χ4n) is 5.92. The standard InChI is InChI=1S/C31H33ClN4O6S/c1-4-40-30(37)17-26-21-7-10-27(32)25(16-21)20(3)36-18-22-15-23(8-12-29(22)42-43(36,38)39)41-14-6-5-13-35-28-11-9-24(26)19(2)31(28)33-34-35/h7-12,15-16,20,26H,4-6,13-14,17-18H2,1-3H3/t20-,26?/m1/s1. The Hall–Kier alpha value is -3.67. The molecule has 9 bridgehead atoms. The van der Waals surface area contributed by atoms with Gasteiger partial charge in [0.15, 0.2) is 0 Å². The molecule has 3 aliphatic heterocycles. The largest absolute Gasteiger partial charge is 0.494 e. The van der Waals surface area contributed by atoms with E-state index in [1.807, 2.05) is 41.9 Å². The summed E-state index contributed by atoms with van der Waals surface area (Å²) in [6.45, 7) is 7.06. The summed E-state index contributed by atoms with van der Waals surface area (Å²) in [6, 6.07) is 14.0. The molecule has 226 valence electrons. The third-order valence-corrected chi connectivity index (χ3v) is 9.97. The number of ether oxygens (including phenoxy) is 2. The Balaban J connectivity index is 1.50. The van der Waals surface area contributed by atoms with E-state index in [1.54, 1.807) is 32.0 Å². The number of carbonyl (C=O) groups is 1. The van der Waals surface area contributed by atoms with Gasteiger partial charge in [0, 0.05) is 29.6 Å². The number of esters is 1. The first-order chi connectivity index (χ1) is 20.7. The van der Waals surface area contributed by atoms with Crippen molar-refractivity contribution in [2.45, 2.75) is 65.1 Å². The Bertz CT molecular complexity index is 1810. The van der Waals surface area contributed by atoms with Gasteiger partial charge in [-0.3, -0.25) is 4.79 Å². The van der Waals surface area contributed by atoms with Crippen molar-refractivity contribution in [2.24, 2.45) is 0 Å². The lowest BCUT2D eigenvalue weighted by Crippen LogP contribution is -2.39. The van der Waals surface area contributed by atoms with Crippen molar-refractivity contribution < 1.29 is 26.9 Å². The predicted molar refractivity (Wildman–Crippen MR) is 161 cm³/mol. The molecule has 7 rings (SSSR count). The average molecular weight is 625 g/mol. The SMILES string of the molecule is CCOC(=O)CC1c2ccc(Cl)c(c2)[C@@H](C)N2Cc3cc(ccc3OS2(=O)=O)OCCCCn2nnc3c(C)c1ccc32. The van der Waals surface area contributed by atoms with Gasteiger partial charge >= 0.3 is 16.3 Å². The summed E-state index contributed by atoms with van der Waals surface area (Å²) in [5, 5.41) is 9.32. The molecule has 0 fully saturated rings. The molecule has 43 heavy (non-hydrogen) atoms. The highest BCUT2D eigenvalue weighted by Crippen LogP contribution is 2.41. The number of benzene rings is 3. The molecule has 3 aromatic carbocycles. The van der Waals surface area contributed by atoms with Crippen LogP contribution in [-0.4, -0.2) is 46.9 Å². The van der Waals surface area contributed by atoms with Crippen LogP contribution in [0.15, 0.2) is 48.5 Å². The molecule has 0 radical (unpaired) electrons. The van der Waals surface area contributed by atoms with Crippen molar-refractivity contribution in [2.75, 3.05) is 13.2 Å². The van der Waals surface area contributed by atoms with E-state index in [0.717, 1.165) is 40.6 Å². The fraction of sp³-hybridized carbons (Fsp3) is 0.387. The Morgan fingerprint density at radius 1 is 1.12 bits per heavy atom. The summed E-state index contributed by atoms with van der Waals surface area (Å²) in [6.07, 6.45) is 1.71. The molecule has 4 aromatic rings. The minimum Gasteiger partial charge on any atom is -0.494 e. The highest BCUT2D eigenvalue weighted by Gasteiger charge is 2.37. The van der Waals surface area contributed by atoms with Gasteiger partial charge in [-0.2, -0.15) is 12.7 Å². The summed E-state index contributed by atoms with van der Waals surface area (Å²) in [5.41, 5.74) is 5.60. The second kappa shape index (κ2) is 11.8. The number of carbonyl (C=O) groups excluding carboxylic acids is 1. The number of hydrogen-bond acceptors (Lipinski definition) is 8. The maximum Gasteiger partial charge on any atom is 0.386 e. The molecule has 0 aliphatic carbocycles. The van der Waals surface area contributed by atoms with Crippen molar-refractivity contribution in [1.82, 2.24) is 19.3 Å². The average Bonchev–Trinajstić information content (AvgIpc) is 3.39. The lowest BCUT2D eigenvalue weighted by Gasteiger charge is -2.33. The molecule has 10 nitrogen and oxygen atoms in total. The summed E-state index contributed by atoms with van der Waals surface area (Å²) >= 11 is 6.72. The quantitative estimate of drug-likeness (QED) is 0.261. The van der Waals surface area contributed by atoms with Crippen molar-refractivity contribution >= 4 is 38.9 Å². The number of halogens is 1. The van der Waals surface area contributed by atoms with Gasteiger partial charge in [0.1, 0.15) is 17.0 Å². The van der Waals surface area contributed by atoms with E-state index in [2.05, 4.69) is 10.3 Å². The van der Waals surface area contributed by atoms with Crippen molar-refractivity contribution in [3.8, 4) is 11.5 Å². The predicted octanol–water partition coefficient (Wildman–Crippen LogP) is 5.85. The zero-order valence-corrected chi connectivity index (χ0v) is 25.8. The minimum atomic E-state index is -4.12. The third-order valence-electron chi connectivity index (χ3n) is 8.21. The number of aryl methyl sites for hydroxylation is 2. The van der Waals surface area contributed by atoms with Gasteiger partial charge in [0.05, 0.1) is 31.2 Å². The Labute approximate surface area is 255 Å². The molecular weight excluding hydrogens is 592 g/mol. The van der Waals surface area contributed by atoms with Crippen LogP contribution in [0.2, 0.25) is 5.02 Å². The molecule has 0 spiro atoms. The molecule has 1 aromatic heterocycles. The van der Waals surface area contributed by atoms with Crippen LogP contribution in [0.25, 0.3) is 11.0 Å². The van der Waals surface area contributed by atoms with E-state index in [4.69, 9.17) is 25.3 Å². The second-order valence-corrected chi connectivity index (χ2v) is 12.8. The van der Waals surface area contributed by atoms with E-state index in [-0.39, 0.29) is 31.3 Å². The van der Waals surface area contributed by atoms with Gasteiger partial charge in [0.25, 0.3) is 0 Å². The molecule has 0 saturated carbocycles. The molecular formula is C31H33ClN4O6S. The molecule has 2 unspecified atom stereocenters. The third kappa shape index (κ3) is 5.69. The van der Waals surface area contributed by atoms with Crippen LogP contribution in [0.4, 0.5) is 0 Å². The lowest BCUT2D eigenvalue weighted by atomic mass is 9.84. The Morgan fingerprint density at radius 2 is 1.95 bits per heavy atom. The molecule has 0 saturated heterocycles. The van der Waals surface area contributed by atoms with Crippen molar-refractivity contribution in [3.05, 3.63) is 81.4 Å². The second-order valence-electron chi connectivity index (χ2n) is 10.9. The smallest absolute Gasteiger partial charge is 0.386 e. The number of fused-ring (bicyclic) bond motifs is 5. The van der Waals surface area contributed by atoms with Crippen molar-refractivity contribution in [1.29, 1.82) is 0 Å². The Morgan fingerprint density at radius 3 is 2.77 bits per heavy atom. The molecule has 3 aliphatic rings. The number of hydrogen-bond donors (Lipinski definition) is 0. The maximum absolute atomic E-state index is 13.3. The van der Waals surface area contributed by atoms with Gasteiger partial charge < -0.3 is 13.7 Å². The monoisotopic (exact) mass is 624 g/mol. The number of rotatable bonds is 3. The van der Waals surface area contributed by atoms with Crippen LogP contribution in [0.3, 0.4) is 0 Å². The van der Waals surface area contributed by atoms with E-state index >= 15 is 0 Å². The first-order valence-corrected chi connectivity index (χ1v) is 16.1. The summed E-state index contributed by atoms with van der Waals surface area (Å²) in [4.78, 5) is 12.9. The normalized spacial score (nSPS) is 21.3.